The molecule has 12 heavy (non-hydrogen) atoms. The second kappa shape index (κ2) is 3.76. The van der Waals surface area contributed by atoms with Crippen LogP contribution in [0.3, 0.4) is 0 Å². The minimum atomic E-state index is -0.216. The molecule has 0 atom stereocenters. The highest BCUT2D eigenvalue weighted by atomic mass is 16.2. The Morgan fingerprint density at radius 3 is 2.42 bits per heavy atom. The Hall–Kier alpha value is -1.51. The van der Waals surface area contributed by atoms with Crippen molar-refractivity contribution in [2.24, 2.45) is 0 Å². The smallest absolute Gasteiger partial charge is 0.318 e. The Balaban J connectivity index is 2.64. The van der Waals surface area contributed by atoms with Gasteiger partial charge in [-0.2, -0.15) is 0 Å². The van der Waals surface area contributed by atoms with Crippen LogP contribution in [-0.4, -0.2) is 13.1 Å². The summed E-state index contributed by atoms with van der Waals surface area (Å²) in [6, 6.07) is 7.07. The third-order valence-corrected chi connectivity index (χ3v) is 1.44. The van der Waals surface area contributed by atoms with Crippen LogP contribution in [0.1, 0.15) is 5.56 Å². The number of rotatable bonds is 1. The molecule has 2 N–H and O–H groups in total. The van der Waals surface area contributed by atoms with E-state index in [1.807, 2.05) is 12.1 Å². The number of hydrogen-bond donors (Lipinski definition) is 2. The quantitative estimate of drug-likeness (QED) is 0.649. The molecule has 3 heteroatoms. The number of amides is 2. The number of nitrogens with one attached hydrogen (secondary N) is 2. The maximum absolute atomic E-state index is 10.8. The Kier molecular flexibility index (Phi) is 2.69. The second-order valence-electron chi connectivity index (χ2n) is 2.40. The minimum absolute atomic E-state index is 0.216. The summed E-state index contributed by atoms with van der Waals surface area (Å²) in [5, 5.41) is 5.10. The molecule has 0 spiro atoms. The molecule has 0 aromatic heterocycles. The monoisotopic (exact) mass is 163 g/mol. The highest BCUT2D eigenvalue weighted by molar-refractivity contribution is 5.88. The summed E-state index contributed by atoms with van der Waals surface area (Å²) >= 11 is 0. The van der Waals surface area contributed by atoms with Crippen molar-refractivity contribution in [3.63, 3.8) is 0 Å². The van der Waals surface area contributed by atoms with Crippen molar-refractivity contribution in [3.8, 4) is 0 Å². The van der Waals surface area contributed by atoms with Crippen LogP contribution in [0.4, 0.5) is 10.5 Å². The predicted molar refractivity (Wildman–Crippen MR) is 49.0 cm³/mol. The average molecular weight is 163 g/mol. The third kappa shape index (κ3) is 2.27. The van der Waals surface area contributed by atoms with Gasteiger partial charge in [0.2, 0.25) is 0 Å². The zero-order valence-corrected chi connectivity index (χ0v) is 6.92. The van der Waals surface area contributed by atoms with Crippen LogP contribution in [-0.2, 0) is 0 Å². The van der Waals surface area contributed by atoms with Gasteiger partial charge in [0.05, 0.1) is 0 Å². The zero-order chi connectivity index (χ0) is 8.97. The molecular weight excluding hydrogens is 152 g/mol. The fourth-order valence-corrected chi connectivity index (χ4v) is 0.782. The zero-order valence-electron chi connectivity index (χ0n) is 6.92. The SMILES string of the molecule is [CH2]c1ccc(NC(=O)NC)cc1. The molecule has 0 aliphatic rings. The standard InChI is InChI=1S/C9H11N2O/c1-7-3-5-8(6-4-7)11-9(12)10-2/h3-6H,1H2,2H3,(H2,10,11,12). The van der Waals surface area contributed by atoms with Gasteiger partial charge in [0.25, 0.3) is 0 Å². The molecule has 1 aromatic carbocycles. The Labute approximate surface area is 71.8 Å². The summed E-state index contributed by atoms with van der Waals surface area (Å²) in [6.07, 6.45) is 0. The van der Waals surface area contributed by atoms with Crippen LogP contribution < -0.4 is 10.6 Å². The summed E-state index contributed by atoms with van der Waals surface area (Å²) < 4.78 is 0. The van der Waals surface area contributed by atoms with E-state index < -0.39 is 0 Å². The van der Waals surface area contributed by atoms with Crippen molar-refractivity contribution >= 4 is 11.7 Å². The van der Waals surface area contributed by atoms with Gasteiger partial charge >= 0.3 is 6.03 Å². The first-order chi connectivity index (χ1) is 5.72. The first-order valence-electron chi connectivity index (χ1n) is 3.63. The van der Waals surface area contributed by atoms with Gasteiger partial charge in [-0.3, -0.25) is 0 Å². The van der Waals surface area contributed by atoms with Crippen LogP contribution in [0.5, 0.6) is 0 Å². The number of benzene rings is 1. The minimum Gasteiger partial charge on any atom is -0.341 e. The van der Waals surface area contributed by atoms with Gasteiger partial charge < -0.3 is 10.6 Å². The third-order valence-electron chi connectivity index (χ3n) is 1.44. The Morgan fingerprint density at radius 1 is 1.33 bits per heavy atom. The molecular formula is C9H11N2O. The fourth-order valence-electron chi connectivity index (χ4n) is 0.782. The van der Waals surface area contributed by atoms with Crippen molar-refractivity contribution in [2.75, 3.05) is 12.4 Å². The second-order valence-corrected chi connectivity index (χ2v) is 2.40. The lowest BCUT2D eigenvalue weighted by atomic mass is 10.2. The summed E-state index contributed by atoms with van der Waals surface area (Å²) in [5.41, 5.74) is 1.69. The van der Waals surface area contributed by atoms with E-state index in [-0.39, 0.29) is 6.03 Å². The molecule has 0 saturated heterocycles. The van der Waals surface area contributed by atoms with E-state index in [0.717, 1.165) is 11.3 Å². The van der Waals surface area contributed by atoms with Gasteiger partial charge in [-0.05, 0) is 24.6 Å². The topological polar surface area (TPSA) is 41.1 Å². The van der Waals surface area contributed by atoms with E-state index in [2.05, 4.69) is 17.6 Å². The molecule has 0 aliphatic carbocycles. The highest BCUT2D eigenvalue weighted by Crippen LogP contribution is 2.07. The molecule has 0 aliphatic heterocycles. The van der Waals surface area contributed by atoms with E-state index in [9.17, 15) is 4.79 Å². The lowest BCUT2D eigenvalue weighted by Gasteiger charge is -2.03. The summed E-state index contributed by atoms with van der Waals surface area (Å²) in [7, 11) is 1.57. The normalized spacial score (nSPS) is 9.17. The molecule has 1 rings (SSSR count). The molecule has 63 valence electrons. The first kappa shape index (κ1) is 8.59. The summed E-state index contributed by atoms with van der Waals surface area (Å²) in [5.74, 6) is 0. The van der Waals surface area contributed by atoms with Crippen molar-refractivity contribution in [1.29, 1.82) is 0 Å². The van der Waals surface area contributed by atoms with Crippen molar-refractivity contribution in [1.82, 2.24) is 5.32 Å². The van der Waals surface area contributed by atoms with E-state index in [1.54, 1.807) is 19.2 Å². The molecule has 1 radical (unpaired) electrons. The van der Waals surface area contributed by atoms with Crippen molar-refractivity contribution in [3.05, 3.63) is 36.8 Å². The van der Waals surface area contributed by atoms with Crippen LogP contribution in [0, 0.1) is 6.92 Å². The van der Waals surface area contributed by atoms with Crippen LogP contribution in [0.15, 0.2) is 24.3 Å². The Morgan fingerprint density at radius 2 is 1.92 bits per heavy atom. The lowest BCUT2D eigenvalue weighted by Crippen LogP contribution is -2.24. The molecule has 0 unspecified atom stereocenters. The molecule has 2 amide bonds. The predicted octanol–water partition coefficient (Wildman–Crippen LogP) is 1.62. The number of urea groups is 1. The van der Waals surface area contributed by atoms with Crippen LogP contribution >= 0.6 is 0 Å². The largest absolute Gasteiger partial charge is 0.341 e. The number of carbonyl (C=O) groups excluding carboxylic acids is 1. The molecule has 0 saturated carbocycles. The van der Waals surface area contributed by atoms with Gasteiger partial charge in [0, 0.05) is 12.7 Å². The summed E-state index contributed by atoms with van der Waals surface area (Å²) in [6.45, 7) is 3.73. The molecule has 0 bridgehead atoms. The van der Waals surface area contributed by atoms with Crippen LogP contribution in [0.2, 0.25) is 0 Å². The number of carbonyl (C=O) groups is 1. The molecule has 1 aromatic rings. The molecule has 0 heterocycles. The van der Waals surface area contributed by atoms with E-state index in [0.29, 0.717) is 0 Å². The van der Waals surface area contributed by atoms with Gasteiger partial charge in [0.15, 0.2) is 0 Å². The maximum atomic E-state index is 10.8. The fraction of sp³-hybridized carbons (Fsp3) is 0.111. The number of anilines is 1. The van der Waals surface area contributed by atoms with Gasteiger partial charge in [0.1, 0.15) is 0 Å². The number of hydrogen-bond acceptors (Lipinski definition) is 1. The molecule has 3 nitrogen and oxygen atoms in total. The van der Waals surface area contributed by atoms with Crippen molar-refractivity contribution in [2.45, 2.75) is 0 Å². The Bertz CT molecular complexity index is 266. The van der Waals surface area contributed by atoms with Gasteiger partial charge in [-0.1, -0.05) is 12.1 Å². The van der Waals surface area contributed by atoms with E-state index >= 15 is 0 Å². The van der Waals surface area contributed by atoms with E-state index in [1.165, 1.54) is 0 Å². The maximum Gasteiger partial charge on any atom is 0.318 e. The van der Waals surface area contributed by atoms with Gasteiger partial charge in [-0.25, -0.2) is 4.79 Å². The van der Waals surface area contributed by atoms with Crippen molar-refractivity contribution < 1.29 is 4.79 Å². The lowest BCUT2D eigenvalue weighted by molar-refractivity contribution is 0.254. The molecule has 0 fully saturated rings. The first-order valence-corrected chi connectivity index (χ1v) is 3.63. The highest BCUT2D eigenvalue weighted by Gasteiger charge is 1.95. The van der Waals surface area contributed by atoms with E-state index in [4.69, 9.17) is 0 Å². The van der Waals surface area contributed by atoms with Crippen LogP contribution in [0.25, 0.3) is 0 Å². The average Bonchev–Trinajstić information content (AvgIpc) is 2.09. The van der Waals surface area contributed by atoms with Gasteiger partial charge in [-0.15, -0.1) is 0 Å². The summed E-state index contributed by atoms with van der Waals surface area (Å²) in [4.78, 5) is 10.8.